The maximum absolute atomic E-state index is 6.03. The van der Waals surface area contributed by atoms with Gasteiger partial charge in [-0.3, -0.25) is 0 Å². The maximum Gasteiger partial charge on any atom is 0.0755 e. The molecule has 0 saturated heterocycles. The molecule has 0 aromatic heterocycles. The van der Waals surface area contributed by atoms with Crippen LogP contribution in [0.25, 0.3) is 0 Å². The van der Waals surface area contributed by atoms with Gasteiger partial charge in [0.1, 0.15) is 0 Å². The summed E-state index contributed by atoms with van der Waals surface area (Å²) < 4.78 is 6.03. The van der Waals surface area contributed by atoms with Crippen molar-refractivity contribution < 1.29 is 4.74 Å². The summed E-state index contributed by atoms with van der Waals surface area (Å²) in [7, 11) is 0. The van der Waals surface area contributed by atoms with Crippen LogP contribution in [0.3, 0.4) is 0 Å². The van der Waals surface area contributed by atoms with Crippen molar-refractivity contribution in [3.8, 4) is 0 Å². The topological polar surface area (TPSA) is 21.3 Å². The molecule has 2 unspecified atom stereocenters. The van der Waals surface area contributed by atoms with Crippen molar-refractivity contribution in [1.29, 1.82) is 0 Å². The van der Waals surface area contributed by atoms with Gasteiger partial charge in [0, 0.05) is 12.6 Å². The van der Waals surface area contributed by atoms with E-state index in [9.17, 15) is 0 Å². The van der Waals surface area contributed by atoms with Crippen molar-refractivity contribution in [2.75, 3.05) is 13.2 Å². The van der Waals surface area contributed by atoms with E-state index in [2.05, 4.69) is 39.9 Å². The van der Waals surface area contributed by atoms with Gasteiger partial charge in [-0.05, 0) is 56.9 Å². The van der Waals surface area contributed by atoms with Crippen LogP contribution in [0.4, 0.5) is 0 Å². The second kappa shape index (κ2) is 7.49. The molecule has 0 amide bonds. The van der Waals surface area contributed by atoms with Crippen molar-refractivity contribution in [3.63, 3.8) is 0 Å². The highest BCUT2D eigenvalue weighted by atomic mass is 16.5. The average Bonchev–Trinajstić information content (AvgIpc) is 3.09. The van der Waals surface area contributed by atoms with E-state index in [1.807, 2.05) is 0 Å². The predicted octanol–water partition coefficient (Wildman–Crippen LogP) is 4.00. The molecule has 2 atom stereocenters. The fourth-order valence-electron chi connectivity index (χ4n) is 2.50. The zero-order valence-corrected chi connectivity index (χ0v) is 13.1. The number of nitrogens with one attached hydrogen (secondary N) is 1. The van der Waals surface area contributed by atoms with E-state index in [0.29, 0.717) is 17.6 Å². The Morgan fingerprint density at radius 2 is 1.89 bits per heavy atom. The van der Waals surface area contributed by atoms with Crippen LogP contribution in [-0.2, 0) is 4.74 Å². The Hall–Kier alpha value is -0.0800. The van der Waals surface area contributed by atoms with Crippen LogP contribution in [-0.4, -0.2) is 25.3 Å². The minimum Gasteiger partial charge on any atom is -0.377 e. The first kappa shape index (κ1) is 16.0. The van der Waals surface area contributed by atoms with Gasteiger partial charge in [-0.15, -0.1) is 0 Å². The lowest BCUT2D eigenvalue weighted by Gasteiger charge is -2.30. The zero-order valence-electron chi connectivity index (χ0n) is 13.1. The first-order chi connectivity index (χ1) is 8.48. The summed E-state index contributed by atoms with van der Waals surface area (Å²) in [6.07, 6.45) is 6.89. The van der Waals surface area contributed by atoms with Crippen LogP contribution < -0.4 is 5.32 Å². The number of hydrogen-bond acceptors (Lipinski definition) is 2. The van der Waals surface area contributed by atoms with Crippen molar-refractivity contribution in [3.05, 3.63) is 0 Å². The average molecular weight is 255 g/mol. The summed E-state index contributed by atoms with van der Waals surface area (Å²) in [6, 6.07) is 0.552. The minimum atomic E-state index is 0.423. The molecule has 0 heterocycles. The van der Waals surface area contributed by atoms with E-state index in [4.69, 9.17) is 4.74 Å². The normalized spacial score (nSPS) is 19.8. The molecule has 1 saturated carbocycles. The highest BCUT2D eigenvalue weighted by Crippen LogP contribution is 2.37. The summed E-state index contributed by atoms with van der Waals surface area (Å²) in [4.78, 5) is 0. The fourth-order valence-corrected chi connectivity index (χ4v) is 2.50. The van der Waals surface area contributed by atoms with Crippen LogP contribution in [0.2, 0.25) is 0 Å². The molecule has 0 radical (unpaired) electrons. The molecule has 1 rings (SSSR count). The Morgan fingerprint density at radius 1 is 1.22 bits per heavy atom. The summed E-state index contributed by atoms with van der Waals surface area (Å²) in [5.74, 6) is 0.819. The van der Waals surface area contributed by atoms with Crippen LogP contribution in [0, 0.1) is 11.3 Å². The molecular formula is C16H33NO. The van der Waals surface area contributed by atoms with E-state index in [1.165, 1.54) is 32.1 Å². The van der Waals surface area contributed by atoms with E-state index in [-0.39, 0.29) is 0 Å². The quantitative estimate of drug-likeness (QED) is 0.672. The molecule has 108 valence electrons. The third-order valence-electron chi connectivity index (χ3n) is 3.70. The Bertz CT molecular complexity index is 218. The Balaban J connectivity index is 2.50. The van der Waals surface area contributed by atoms with Crippen molar-refractivity contribution in [1.82, 2.24) is 5.32 Å². The van der Waals surface area contributed by atoms with Crippen molar-refractivity contribution in [2.45, 2.75) is 78.9 Å². The van der Waals surface area contributed by atoms with Gasteiger partial charge in [0.25, 0.3) is 0 Å². The molecule has 2 nitrogen and oxygen atoms in total. The zero-order chi connectivity index (χ0) is 13.6. The van der Waals surface area contributed by atoms with Crippen molar-refractivity contribution in [2.24, 2.45) is 11.3 Å². The maximum atomic E-state index is 6.03. The molecule has 0 aromatic carbocycles. The summed E-state index contributed by atoms with van der Waals surface area (Å²) in [5.41, 5.74) is 0.423. The third-order valence-corrected chi connectivity index (χ3v) is 3.70. The highest BCUT2D eigenvalue weighted by molar-refractivity contribution is 4.91. The molecular weight excluding hydrogens is 222 g/mol. The van der Waals surface area contributed by atoms with Gasteiger partial charge >= 0.3 is 0 Å². The van der Waals surface area contributed by atoms with E-state index in [0.717, 1.165) is 19.1 Å². The van der Waals surface area contributed by atoms with Gasteiger partial charge in [0.2, 0.25) is 0 Å². The van der Waals surface area contributed by atoms with Crippen LogP contribution in [0.5, 0.6) is 0 Å². The Labute approximate surface area is 114 Å². The molecule has 2 heteroatoms. The van der Waals surface area contributed by atoms with E-state index >= 15 is 0 Å². The lowest BCUT2D eigenvalue weighted by atomic mass is 9.87. The molecule has 18 heavy (non-hydrogen) atoms. The first-order valence-electron chi connectivity index (χ1n) is 7.83. The Morgan fingerprint density at radius 3 is 2.33 bits per heavy atom. The monoisotopic (exact) mass is 255 g/mol. The SMILES string of the molecule is CCCNC(CCC(C)(C)C)C(OCC)C1CC1. The lowest BCUT2D eigenvalue weighted by molar-refractivity contribution is 0.0144. The smallest absolute Gasteiger partial charge is 0.0755 e. The number of rotatable bonds is 9. The van der Waals surface area contributed by atoms with Crippen LogP contribution >= 0.6 is 0 Å². The van der Waals surface area contributed by atoms with Gasteiger partial charge in [-0.1, -0.05) is 27.7 Å². The summed E-state index contributed by atoms with van der Waals surface area (Å²) in [6.45, 7) is 13.3. The molecule has 1 N–H and O–H groups in total. The first-order valence-corrected chi connectivity index (χ1v) is 7.83. The highest BCUT2D eigenvalue weighted by Gasteiger charge is 2.37. The van der Waals surface area contributed by atoms with Crippen molar-refractivity contribution >= 4 is 0 Å². The van der Waals surface area contributed by atoms with Gasteiger partial charge in [0.15, 0.2) is 0 Å². The lowest BCUT2D eigenvalue weighted by Crippen LogP contribution is -2.43. The molecule has 0 bridgehead atoms. The largest absolute Gasteiger partial charge is 0.377 e. The number of ether oxygens (including phenoxy) is 1. The summed E-state index contributed by atoms with van der Waals surface area (Å²) >= 11 is 0. The third kappa shape index (κ3) is 6.19. The van der Waals surface area contributed by atoms with Gasteiger partial charge in [-0.2, -0.15) is 0 Å². The molecule has 1 aliphatic rings. The van der Waals surface area contributed by atoms with Gasteiger partial charge in [0.05, 0.1) is 6.10 Å². The van der Waals surface area contributed by atoms with Crippen LogP contribution in [0.15, 0.2) is 0 Å². The van der Waals surface area contributed by atoms with E-state index in [1.54, 1.807) is 0 Å². The fraction of sp³-hybridized carbons (Fsp3) is 1.00. The van der Waals surface area contributed by atoms with Gasteiger partial charge < -0.3 is 10.1 Å². The standard InChI is InChI=1S/C16H33NO/c1-6-12-17-14(10-11-16(3,4)5)15(18-7-2)13-8-9-13/h13-15,17H,6-12H2,1-5H3. The minimum absolute atomic E-state index is 0.423. The number of hydrogen-bond donors (Lipinski definition) is 1. The molecule has 1 aliphatic carbocycles. The van der Waals surface area contributed by atoms with Crippen LogP contribution in [0.1, 0.15) is 66.7 Å². The molecule has 1 fully saturated rings. The predicted molar refractivity (Wildman–Crippen MR) is 78.9 cm³/mol. The second-order valence-corrected chi connectivity index (χ2v) is 6.92. The van der Waals surface area contributed by atoms with E-state index < -0.39 is 0 Å². The second-order valence-electron chi connectivity index (χ2n) is 6.92. The molecule has 0 spiro atoms. The Kier molecular flexibility index (Phi) is 6.65. The van der Waals surface area contributed by atoms with Gasteiger partial charge in [-0.25, -0.2) is 0 Å². The molecule has 0 aromatic rings. The summed E-state index contributed by atoms with van der Waals surface area (Å²) in [5, 5.41) is 3.72. The molecule has 0 aliphatic heterocycles.